The number of aryl methyl sites for hydroxylation is 1. The molecule has 0 heterocycles. The van der Waals surface area contributed by atoms with E-state index in [0.717, 1.165) is 18.9 Å². The van der Waals surface area contributed by atoms with Gasteiger partial charge in [0.15, 0.2) is 0 Å². The third-order valence-electron chi connectivity index (χ3n) is 2.92. The second-order valence-corrected chi connectivity index (χ2v) is 7.23. The Hall–Kier alpha value is -1.11. The molecule has 0 fully saturated rings. The second kappa shape index (κ2) is 7.24. The van der Waals surface area contributed by atoms with E-state index in [1.165, 1.54) is 6.07 Å². The van der Waals surface area contributed by atoms with Gasteiger partial charge in [-0.2, -0.15) is 0 Å². The fraction of sp³-hybridized carbons (Fsp3) is 0.500. The van der Waals surface area contributed by atoms with E-state index in [1.807, 2.05) is 0 Å². The van der Waals surface area contributed by atoms with Gasteiger partial charge in [-0.1, -0.05) is 25.4 Å². The Morgan fingerprint density at radius 2 is 2.00 bits per heavy atom. The molecular formula is C14H20ClNO4S. The van der Waals surface area contributed by atoms with E-state index in [1.54, 1.807) is 6.92 Å². The van der Waals surface area contributed by atoms with E-state index in [-0.39, 0.29) is 15.5 Å². The van der Waals surface area contributed by atoms with Gasteiger partial charge in [0.25, 0.3) is 0 Å². The maximum atomic E-state index is 11.9. The second-order valence-electron chi connectivity index (χ2n) is 5.32. The third kappa shape index (κ3) is 5.30. The third-order valence-corrected chi connectivity index (χ3v) is 4.47. The molecule has 0 bridgehead atoms. The van der Waals surface area contributed by atoms with Crippen molar-refractivity contribution in [2.24, 2.45) is 11.1 Å². The lowest BCUT2D eigenvalue weighted by Crippen LogP contribution is -2.15. The molecule has 0 saturated carbocycles. The zero-order chi connectivity index (χ0) is 16.2. The summed E-state index contributed by atoms with van der Waals surface area (Å²) in [4.78, 5) is 11.7. The lowest BCUT2D eigenvalue weighted by Gasteiger charge is -2.10. The molecule has 0 atom stereocenters. The molecule has 7 heteroatoms. The van der Waals surface area contributed by atoms with Gasteiger partial charge in [-0.05, 0) is 43.4 Å². The molecule has 118 valence electrons. The molecule has 0 amide bonds. The Morgan fingerprint density at radius 3 is 2.52 bits per heavy atom. The molecule has 1 rings (SSSR count). The first-order valence-corrected chi connectivity index (χ1v) is 8.55. The number of hydrogen-bond acceptors (Lipinski definition) is 4. The Morgan fingerprint density at radius 1 is 1.38 bits per heavy atom. The lowest BCUT2D eigenvalue weighted by molar-refractivity contribution is 0.0494. The summed E-state index contributed by atoms with van der Waals surface area (Å²) in [6.45, 7) is 6.07. The zero-order valence-electron chi connectivity index (χ0n) is 12.3. The molecule has 0 radical (unpaired) electrons. The SMILES string of the molecule is Cc1cc(C(=O)OCCCC(C)C)cc(S(N)(=O)=O)c1Cl. The van der Waals surface area contributed by atoms with Crippen LogP contribution >= 0.6 is 11.6 Å². The van der Waals surface area contributed by atoms with Gasteiger partial charge in [0, 0.05) is 0 Å². The van der Waals surface area contributed by atoms with Crippen molar-refractivity contribution in [1.82, 2.24) is 0 Å². The highest BCUT2D eigenvalue weighted by Crippen LogP contribution is 2.26. The summed E-state index contributed by atoms with van der Waals surface area (Å²) >= 11 is 5.90. The van der Waals surface area contributed by atoms with Gasteiger partial charge in [-0.25, -0.2) is 18.4 Å². The maximum absolute atomic E-state index is 11.9. The van der Waals surface area contributed by atoms with Crippen LogP contribution in [0.1, 0.15) is 42.6 Å². The van der Waals surface area contributed by atoms with Crippen molar-refractivity contribution in [3.8, 4) is 0 Å². The number of benzene rings is 1. The predicted octanol–water partition coefficient (Wildman–Crippen LogP) is 2.89. The van der Waals surface area contributed by atoms with Gasteiger partial charge >= 0.3 is 5.97 Å². The maximum Gasteiger partial charge on any atom is 0.338 e. The average Bonchev–Trinajstić information content (AvgIpc) is 2.35. The van der Waals surface area contributed by atoms with Crippen LogP contribution in [0.4, 0.5) is 0 Å². The normalized spacial score (nSPS) is 11.7. The number of primary sulfonamides is 1. The Labute approximate surface area is 130 Å². The molecule has 1 aromatic rings. The fourth-order valence-electron chi connectivity index (χ4n) is 1.80. The summed E-state index contributed by atoms with van der Waals surface area (Å²) in [5.74, 6) is -0.0427. The van der Waals surface area contributed by atoms with Gasteiger partial charge in [-0.3, -0.25) is 0 Å². The predicted molar refractivity (Wildman–Crippen MR) is 81.9 cm³/mol. The van der Waals surface area contributed by atoms with Crippen LogP contribution in [0.3, 0.4) is 0 Å². The summed E-state index contributed by atoms with van der Waals surface area (Å²) in [5, 5.41) is 5.11. The molecule has 0 saturated heterocycles. The Kier molecular flexibility index (Phi) is 6.19. The average molecular weight is 334 g/mol. The highest BCUT2D eigenvalue weighted by atomic mass is 35.5. The summed E-state index contributed by atoms with van der Waals surface area (Å²) in [7, 11) is -3.99. The van der Waals surface area contributed by atoms with Crippen LogP contribution in [0.2, 0.25) is 5.02 Å². The van der Waals surface area contributed by atoms with E-state index in [0.29, 0.717) is 18.1 Å². The standard InChI is InChI=1S/C14H20ClNO4S/c1-9(2)5-4-6-20-14(17)11-7-10(3)13(15)12(8-11)21(16,18)19/h7-9H,4-6H2,1-3H3,(H2,16,18,19). The first-order chi connectivity index (χ1) is 9.62. The minimum absolute atomic E-state index is 0.0221. The molecule has 2 N–H and O–H groups in total. The molecule has 0 aliphatic heterocycles. The number of hydrogen-bond donors (Lipinski definition) is 1. The Balaban J connectivity index is 2.89. The number of carbonyl (C=O) groups is 1. The monoisotopic (exact) mass is 333 g/mol. The van der Waals surface area contributed by atoms with Crippen molar-refractivity contribution in [2.75, 3.05) is 6.61 Å². The molecule has 0 aromatic heterocycles. The van der Waals surface area contributed by atoms with Crippen LogP contribution < -0.4 is 5.14 Å². The van der Waals surface area contributed by atoms with Crippen molar-refractivity contribution in [1.29, 1.82) is 0 Å². The minimum atomic E-state index is -3.99. The van der Waals surface area contributed by atoms with E-state index in [2.05, 4.69) is 13.8 Å². The van der Waals surface area contributed by atoms with E-state index >= 15 is 0 Å². The summed E-state index contributed by atoms with van der Waals surface area (Å²) < 4.78 is 28.0. The molecular weight excluding hydrogens is 314 g/mol. The lowest BCUT2D eigenvalue weighted by atomic mass is 10.1. The van der Waals surface area contributed by atoms with Gasteiger partial charge in [-0.15, -0.1) is 0 Å². The molecule has 0 aliphatic rings. The first kappa shape index (κ1) is 17.9. The highest BCUT2D eigenvalue weighted by molar-refractivity contribution is 7.89. The number of halogens is 1. The largest absolute Gasteiger partial charge is 0.462 e. The van der Waals surface area contributed by atoms with Crippen LogP contribution in [0.5, 0.6) is 0 Å². The molecule has 21 heavy (non-hydrogen) atoms. The molecule has 1 aromatic carbocycles. The molecule has 5 nitrogen and oxygen atoms in total. The number of ether oxygens (including phenoxy) is 1. The van der Waals surface area contributed by atoms with Gasteiger partial charge in [0.05, 0.1) is 17.2 Å². The zero-order valence-corrected chi connectivity index (χ0v) is 13.9. The smallest absolute Gasteiger partial charge is 0.338 e. The van der Waals surface area contributed by atoms with Gasteiger partial charge in [0.1, 0.15) is 4.90 Å². The van der Waals surface area contributed by atoms with Crippen LogP contribution in [0, 0.1) is 12.8 Å². The van der Waals surface area contributed by atoms with E-state index < -0.39 is 16.0 Å². The number of esters is 1. The van der Waals surface area contributed by atoms with Crippen LogP contribution in [-0.4, -0.2) is 21.0 Å². The van der Waals surface area contributed by atoms with Gasteiger partial charge in [0.2, 0.25) is 10.0 Å². The highest BCUT2D eigenvalue weighted by Gasteiger charge is 2.19. The van der Waals surface area contributed by atoms with E-state index in [4.69, 9.17) is 21.5 Å². The summed E-state index contributed by atoms with van der Waals surface area (Å²) in [6.07, 6.45) is 1.72. The van der Waals surface area contributed by atoms with Crippen molar-refractivity contribution >= 4 is 27.6 Å². The van der Waals surface area contributed by atoms with Crippen molar-refractivity contribution in [2.45, 2.75) is 38.5 Å². The van der Waals surface area contributed by atoms with Crippen molar-refractivity contribution in [3.05, 3.63) is 28.3 Å². The number of carbonyl (C=O) groups excluding carboxylic acids is 1. The Bertz CT molecular complexity index is 626. The fourth-order valence-corrected chi connectivity index (χ4v) is 2.94. The van der Waals surface area contributed by atoms with Crippen LogP contribution in [0.25, 0.3) is 0 Å². The molecule has 0 aliphatic carbocycles. The number of nitrogens with two attached hydrogens (primary N) is 1. The van der Waals surface area contributed by atoms with Crippen molar-refractivity contribution < 1.29 is 17.9 Å². The van der Waals surface area contributed by atoms with Crippen LogP contribution in [-0.2, 0) is 14.8 Å². The first-order valence-electron chi connectivity index (χ1n) is 6.63. The quantitative estimate of drug-likeness (QED) is 0.640. The number of sulfonamides is 1. The van der Waals surface area contributed by atoms with Gasteiger partial charge < -0.3 is 4.74 Å². The van der Waals surface area contributed by atoms with E-state index in [9.17, 15) is 13.2 Å². The molecule has 0 spiro atoms. The van der Waals surface area contributed by atoms with Crippen molar-refractivity contribution in [3.63, 3.8) is 0 Å². The number of rotatable bonds is 6. The summed E-state index contributed by atoms with van der Waals surface area (Å²) in [6, 6.07) is 2.64. The summed E-state index contributed by atoms with van der Waals surface area (Å²) in [5.41, 5.74) is 0.586. The molecule has 0 unspecified atom stereocenters. The topological polar surface area (TPSA) is 86.5 Å². The minimum Gasteiger partial charge on any atom is -0.462 e. The van der Waals surface area contributed by atoms with Crippen LogP contribution in [0.15, 0.2) is 17.0 Å².